The van der Waals surface area contributed by atoms with Gasteiger partial charge in [-0.25, -0.2) is 4.99 Å². The summed E-state index contributed by atoms with van der Waals surface area (Å²) in [5.41, 5.74) is 6.56. The van der Waals surface area contributed by atoms with Crippen LogP contribution in [0, 0.1) is 5.92 Å². The van der Waals surface area contributed by atoms with Crippen molar-refractivity contribution < 1.29 is 9.21 Å². The molecule has 1 fully saturated rings. The van der Waals surface area contributed by atoms with E-state index in [1.165, 1.54) is 0 Å². The molecule has 0 spiro atoms. The van der Waals surface area contributed by atoms with Crippen molar-refractivity contribution in [3.05, 3.63) is 58.5 Å². The second-order valence-corrected chi connectivity index (χ2v) is 8.06. The van der Waals surface area contributed by atoms with Crippen molar-refractivity contribution in [3.8, 4) is 0 Å². The number of aliphatic imine (C=N–C) groups is 1. The Bertz CT molecular complexity index is 774. The third-order valence-electron chi connectivity index (χ3n) is 4.87. The first-order valence-corrected chi connectivity index (χ1v) is 10.5. The lowest BCUT2D eigenvalue weighted by atomic mass is 9.95. The third kappa shape index (κ3) is 6.41. The highest BCUT2D eigenvalue weighted by Crippen LogP contribution is 2.20. The van der Waals surface area contributed by atoms with Gasteiger partial charge in [0.2, 0.25) is 5.91 Å². The van der Waals surface area contributed by atoms with Crippen LogP contribution < -0.4 is 11.1 Å². The molecule has 6 nitrogen and oxygen atoms in total. The predicted molar refractivity (Wildman–Crippen MR) is 114 cm³/mol. The van der Waals surface area contributed by atoms with Gasteiger partial charge >= 0.3 is 0 Å². The van der Waals surface area contributed by atoms with Crippen LogP contribution in [-0.4, -0.2) is 36.4 Å². The van der Waals surface area contributed by atoms with Gasteiger partial charge in [-0.3, -0.25) is 4.79 Å². The summed E-state index contributed by atoms with van der Waals surface area (Å²) in [5, 5.41) is 3.47. The van der Waals surface area contributed by atoms with E-state index in [1.807, 2.05) is 24.3 Å². The van der Waals surface area contributed by atoms with Crippen molar-refractivity contribution in [2.45, 2.75) is 32.2 Å². The fourth-order valence-corrected chi connectivity index (χ4v) is 3.75. The molecule has 1 saturated heterocycles. The van der Waals surface area contributed by atoms with Gasteiger partial charge < -0.3 is 20.4 Å². The number of benzene rings is 1. The summed E-state index contributed by atoms with van der Waals surface area (Å²) in [7, 11) is 0. The minimum atomic E-state index is -0.231. The van der Waals surface area contributed by atoms with Crippen molar-refractivity contribution in [2.75, 3.05) is 19.6 Å². The quantitative estimate of drug-likeness (QED) is 0.504. The molecular formula is C21H27BrN4O2. The van der Waals surface area contributed by atoms with Gasteiger partial charge in [-0.1, -0.05) is 28.1 Å². The second-order valence-electron chi connectivity index (χ2n) is 7.15. The molecule has 0 bridgehead atoms. The Labute approximate surface area is 174 Å². The maximum absolute atomic E-state index is 11.3. The van der Waals surface area contributed by atoms with Crippen LogP contribution in [0.4, 0.5) is 0 Å². The van der Waals surface area contributed by atoms with Gasteiger partial charge in [0, 0.05) is 36.9 Å². The van der Waals surface area contributed by atoms with Crippen LogP contribution in [0.5, 0.6) is 0 Å². The number of nitrogens with two attached hydrogens (primary N) is 1. The molecule has 0 radical (unpaired) electrons. The fourth-order valence-electron chi connectivity index (χ4n) is 3.48. The topological polar surface area (TPSA) is 83.9 Å². The highest BCUT2D eigenvalue weighted by Gasteiger charge is 2.23. The number of likely N-dealkylation sites (tertiary alicyclic amines) is 1. The summed E-state index contributed by atoms with van der Waals surface area (Å²) >= 11 is 3.46. The molecule has 0 aliphatic carbocycles. The predicted octanol–water partition coefficient (Wildman–Crippen LogP) is 3.32. The molecular weight excluding hydrogens is 420 g/mol. The van der Waals surface area contributed by atoms with E-state index in [1.54, 1.807) is 6.26 Å². The van der Waals surface area contributed by atoms with E-state index < -0.39 is 0 Å². The molecule has 1 unspecified atom stereocenters. The normalized spacial score (nSPS) is 17.5. The monoisotopic (exact) mass is 446 g/mol. The molecule has 1 aliphatic rings. The van der Waals surface area contributed by atoms with Crippen LogP contribution >= 0.6 is 15.9 Å². The first kappa shape index (κ1) is 20.5. The van der Waals surface area contributed by atoms with Crippen LogP contribution in [0.3, 0.4) is 0 Å². The zero-order chi connectivity index (χ0) is 19.8. The van der Waals surface area contributed by atoms with Crippen molar-refractivity contribution in [2.24, 2.45) is 16.6 Å². The smallest absolute Gasteiger partial charge is 0.217 e. The van der Waals surface area contributed by atoms with E-state index in [-0.39, 0.29) is 11.8 Å². The maximum Gasteiger partial charge on any atom is 0.217 e. The summed E-state index contributed by atoms with van der Waals surface area (Å²) in [4.78, 5) is 18.4. The minimum absolute atomic E-state index is 0.231. The van der Waals surface area contributed by atoms with E-state index in [0.29, 0.717) is 13.0 Å². The lowest BCUT2D eigenvalue weighted by Crippen LogP contribution is -2.47. The van der Waals surface area contributed by atoms with Gasteiger partial charge in [0.05, 0.1) is 12.8 Å². The third-order valence-corrected chi connectivity index (χ3v) is 5.40. The number of furan rings is 1. The molecule has 1 atom stereocenters. The zero-order valence-electron chi connectivity index (χ0n) is 15.9. The Morgan fingerprint density at radius 1 is 1.32 bits per heavy atom. The number of nitrogens with zero attached hydrogens (tertiary/aromatic N) is 2. The number of amides is 1. The Kier molecular flexibility index (Phi) is 7.54. The molecule has 2 aromatic rings. The van der Waals surface area contributed by atoms with Crippen LogP contribution in [0.15, 0.2) is 56.5 Å². The average Bonchev–Trinajstić information content (AvgIpc) is 3.19. The summed E-state index contributed by atoms with van der Waals surface area (Å²) in [5.74, 6) is 1.88. The molecule has 1 aromatic carbocycles. The van der Waals surface area contributed by atoms with Gasteiger partial charge in [0.15, 0.2) is 5.96 Å². The molecule has 0 saturated carbocycles. The molecule has 2 heterocycles. The molecule has 3 N–H and O–H groups in total. The molecule has 150 valence electrons. The first-order valence-electron chi connectivity index (χ1n) is 9.68. The number of nitrogens with one attached hydrogen (secondary N) is 1. The molecule has 7 heteroatoms. The largest absolute Gasteiger partial charge is 0.469 e. The molecule has 28 heavy (non-hydrogen) atoms. The van der Waals surface area contributed by atoms with E-state index >= 15 is 0 Å². The van der Waals surface area contributed by atoms with Gasteiger partial charge in [-0.15, -0.1) is 0 Å². The minimum Gasteiger partial charge on any atom is -0.469 e. The molecule has 1 amide bonds. The number of hydrogen-bond donors (Lipinski definition) is 2. The van der Waals surface area contributed by atoms with Crippen LogP contribution in [0.25, 0.3) is 0 Å². The van der Waals surface area contributed by atoms with Gasteiger partial charge in [0.1, 0.15) is 5.76 Å². The van der Waals surface area contributed by atoms with Crippen molar-refractivity contribution >= 4 is 27.8 Å². The van der Waals surface area contributed by atoms with Crippen LogP contribution in [0.1, 0.15) is 30.6 Å². The Morgan fingerprint density at radius 3 is 2.86 bits per heavy atom. The summed E-state index contributed by atoms with van der Waals surface area (Å²) < 4.78 is 6.47. The summed E-state index contributed by atoms with van der Waals surface area (Å²) in [6.45, 7) is 3.08. The van der Waals surface area contributed by atoms with Crippen molar-refractivity contribution in [1.82, 2.24) is 10.2 Å². The number of carbonyl (C=O) groups excluding carboxylic acids is 1. The number of guanidine groups is 1. The van der Waals surface area contributed by atoms with Crippen molar-refractivity contribution in [1.29, 1.82) is 0 Å². The van der Waals surface area contributed by atoms with E-state index in [9.17, 15) is 4.79 Å². The first-order chi connectivity index (χ1) is 13.6. The second kappa shape index (κ2) is 10.3. The van der Waals surface area contributed by atoms with Gasteiger partial charge in [-0.05, 0) is 48.6 Å². The SMILES string of the molecule is NC(=O)CC1CCCN(C(=NCc2ccc(Br)cc2)NCCc2ccco2)C1. The highest BCUT2D eigenvalue weighted by molar-refractivity contribution is 9.10. The number of carbonyl (C=O) groups is 1. The summed E-state index contributed by atoms with van der Waals surface area (Å²) in [6, 6.07) is 12.1. The van der Waals surface area contributed by atoms with Gasteiger partial charge in [0.25, 0.3) is 0 Å². The number of piperidine rings is 1. The molecule has 1 aliphatic heterocycles. The summed E-state index contributed by atoms with van der Waals surface area (Å²) in [6.07, 6.45) is 4.99. The Balaban J connectivity index is 1.66. The Hall–Kier alpha value is -2.28. The fraction of sp³-hybridized carbons (Fsp3) is 0.429. The van der Waals surface area contributed by atoms with E-state index in [0.717, 1.165) is 60.7 Å². The molecule has 3 rings (SSSR count). The zero-order valence-corrected chi connectivity index (χ0v) is 17.5. The lowest BCUT2D eigenvalue weighted by molar-refractivity contribution is -0.119. The lowest BCUT2D eigenvalue weighted by Gasteiger charge is -2.34. The highest BCUT2D eigenvalue weighted by atomic mass is 79.9. The average molecular weight is 447 g/mol. The van der Waals surface area contributed by atoms with Crippen LogP contribution in [0.2, 0.25) is 0 Å². The molecule has 1 aromatic heterocycles. The number of primary amides is 1. The van der Waals surface area contributed by atoms with E-state index in [4.69, 9.17) is 15.1 Å². The van der Waals surface area contributed by atoms with Gasteiger partial charge in [-0.2, -0.15) is 0 Å². The Morgan fingerprint density at radius 2 is 2.14 bits per heavy atom. The van der Waals surface area contributed by atoms with Crippen molar-refractivity contribution in [3.63, 3.8) is 0 Å². The maximum atomic E-state index is 11.3. The number of hydrogen-bond acceptors (Lipinski definition) is 3. The van der Waals surface area contributed by atoms with E-state index in [2.05, 4.69) is 38.3 Å². The number of halogens is 1. The standard InChI is InChI=1S/C21H27BrN4O2/c22-18-7-5-16(6-8-18)14-25-21(24-10-9-19-4-2-12-28-19)26-11-1-3-17(15-26)13-20(23)27/h2,4-8,12,17H,1,3,9-11,13-15H2,(H2,23,27)(H,24,25). The number of rotatable bonds is 7. The van der Waals surface area contributed by atoms with Crippen LogP contribution in [-0.2, 0) is 17.8 Å².